The van der Waals surface area contributed by atoms with E-state index in [1.807, 2.05) is 21.0 Å². The number of nitrogens with one attached hydrogen (secondary N) is 1. The van der Waals surface area contributed by atoms with Crippen LogP contribution in [0.5, 0.6) is 5.75 Å². The number of halogens is 3. The van der Waals surface area contributed by atoms with Gasteiger partial charge in [-0.25, -0.2) is 9.50 Å². The molecular weight excluding hydrogens is 551 g/mol. The molecule has 2 saturated carbocycles. The van der Waals surface area contributed by atoms with E-state index in [1.54, 1.807) is 23.2 Å². The quantitative estimate of drug-likeness (QED) is 0.426. The first kappa shape index (κ1) is 28.3. The Kier molecular flexibility index (Phi) is 7.03. The molecule has 6 rings (SSSR count). The number of alkyl halides is 3. The molecule has 0 bridgehead atoms. The van der Waals surface area contributed by atoms with Gasteiger partial charge in [-0.1, -0.05) is 0 Å². The number of nitrogens with two attached hydrogens (primary N) is 1. The minimum atomic E-state index is -4.99. The van der Waals surface area contributed by atoms with Crippen molar-refractivity contribution in [1.29, 1.82) is 0 Å². The van der Waals surface area contributed by atoms with Gasteiger partial charge >= 0.3 is 6.36 Å². The van der Waals surface area contributed by atoms with Gasteiger partial charge in [-0.3, -0.25) is 9.59 Å². The molecule has 3 atom stereocenters. The van der Waals surface area contributed by atoms with Crippen LogP contribution in [0.15, 0.2) is 24.4 Å². The second-order valence-electron chi connectivity index (χ2n) is 11.9. The fraction of sp³-hybridized carbons (Fsp3) is 0.517. The third-order valence-corrected chi connectivity index (χ3v) is 8.77. The van der Waals surface area contributed by atoms with Crippen molar-refractivity contribution in [2.45, 2.75) is 76.5 Å². The summed E-state index contributed by atoms with van der Waals surface area (Å²) in [5.41, 5.74) is 7.40. The Bertz CT molecular complexity index is 1550. The summed E-state index contributed by atoms with van der Waals surface area (Å²) in [5, 5.41) is 7.30. The average molecular weight is 586 g/mol. The van der Waals surface area contributed by atoms with Crippen molar-refractivity contribution in [3.63, 3.8) is 0 Å². The number of amides is 2. The zero-order chi connectivity index (χ0) is 29.9. The van der Waals surface area contributed by atoms with Crippen LogP contribution in [0.25, 0.3) is 16.9 Å². The highest BCUT2D eigenvalue weighted by atomic mass is 19.4. The van der Waals surface area contributed by atoms with Crippen LogP contribution in [0, 0.1) is 5.92 Å². The lowest BCUT2D eigenvalue weighted by molar-refractivity contribution is -0.274. The third kappa shape index (κ3) is 5.37. The predicted molar refractivity (Wildman–Crippen MR) is 149 cm³/mol. The van der Waals surface area contributed by atoms with E-state index in [2.05, 4.69) is 25.0 Å². The predicted octanol–water partition coefficient (Wildman–Crippen LogP) is 4.23. The van der Waals surface area contributed by atoms with Crippen LogP contribution >= 0.6 is 0 Å². The molecule has 3 aromatic rings. The molecule has 2 aliphatic carbocycles. The molecule has 1 aromatic carbocycles. The molecule has 2 fully saturated rings. The standard InChI is InChI=1S/C29H34F3N7O3/c1-15(16-7-8-16)38-14-18-11-17(12-22(23(18)28(38)41)42-29(30,31)32)21-9-10-39-26(35-21)24(25(33)36-39)27(40)34-19-5-4-6-20(13-19)37(2)3/h9-12,15-16,19-20H,4-8,13-14H2,1-3H3,(H2,33,36)(H,34,40). The lowest BCUT2D eigenvalue weighted by atomic mass is 9.90. The van der Waals surface area contributed by atoms with Crippen LogP contribution in [-0.2, 0) is 6.54 Å². The Hall–Kier alpha value is -3.87. The smallest absolute Gasteiger partial charge is 0.405 e. The maximum Gasteiger partial charge on any atom is 0.573 e. The zero-order valence-corrected chi connectivity index (χ0v) is 23.7. The number of nitrogens with zero attached hydrogens (tertiary/aromatic N) is 5. The van der Waals surface area contributed by atoms with Gasteiger partial charge in [-0.2, -0.15) is 0 Å². The van der Waals surface area contributed by atoms with Gasteiger partial charge in [0.1, 0.15) is 11.3 Å². The van der Waals surface area contributed by atoms with E-state index in [0.29, 0.717) is 23.1 Å². The first-order chi connectivity index (χ1) is 19.9. The second-order valence-corrected chi connectivity index (χ2v) is 11.9. The highest BCUT2D eigenvalue weighted by molar-refractivity contribution is 6.05. The minimum Gasteiger partial charge on any atom is -0.405 e. The largest absolute Gasteiger partial charge is 0.573 e. The van der Waals surface area contributed by atoms with E-state index in [9.17, 15) is 22.8 Å². The lowest BCUT2D eigenvalue weighted by Gasteiger charge is -2.33. The van der Waals surface area contributed by atoms with Crippen molar-refractivity contribution in [3.8, 4) is 17.0 Å². The van der Waals surface area contributed by atoms with E-state index in [4.69, 9.17) is 5.73 Å². The molecule has 224 valence electrons. The fourth-order valence-electron chi connectivity index (χ4n) is 6.30. The highest BCUT2D eigenvalue weighted by Crippen LogP contribution is 2.42. The molecule has 3 aliphatic rings. The number of ether oxygens (including phenoxy) is 1. The van der Waals surface area contributed by atoms with Gasteiger partial charge in [-0.15, -0.1) is 18.3 Å². The van der Waals surface area contributed by atoms with E-state index >= 15 is 0 Å². The number of carbonyl (C=O) groups is 2. The van der Waals surface area contributed by atoms with Gasteiger partial charge in [0, 0.05) is 36.4 Å². The maximum absolute atomic E-state index is 13.4. The summed E-state index contributed by atoms with van der Waals surface area (Å²) in [4.78, 5) is 35.0. The number of carbonyl (C=O) groups excluding carboxylic acids is 2. The van der Waals surface area contributed by atoms with Crippen molar-refractivity contribution in [3.05, 3.63) is 41.1 Å². The zero-order valence-electron chi connectivity index (χ0n) is 23.7. The number of hydrogen-bond acceptors (Lipinski definition) is 7. The first-order valence-corrected chi connectivity index (χ1v) is 14.3. The van der Waals surface area contributed by atoms with Gasteiger partial charge in [0.25, 0.3) is 11.8 Å². The molecule has 3 unspecified atom stereocenters. The van der Waals surface area contributed by atoms with Gasteiger partial charge in [0.05, 0.1) is 11.3 Å². The molecule has 2 aromatic heterocycles. The number of nitrogen functional groups attached to an aromatic ring is 1. The molecule has 3 N–H and O–H groups in total. The molecule has 13 heteroatoms. The Morgan fingerprint density at radius 1 is 1.21 bits per heavy atom. The van der Waals surface area contributed by atoms with Crippen LogP contribution in [0.3, 0.4) is 0 Å². The van der Waals surface area contributed by atoms with Crippen molar-refractivity contribution >= 4 is 23.3 Å². The molecule has 0 spiro atoms. The van der Waals surface area contributed by atoms with Gasteiger partial charge in [0.15, 0.2) is 11.5 Å². The summed E-state index contributed by atoms with van der Waals surface area (Å²) in [6.07, 6.45) is 2.25. The van der Waals surface area contributed by atoms with E-state index in [0.717, 1.165) is 38.5 Å². The van der Waals surface area contributed by atoms with E-state index in [1.165, 1.54) is 10.6 Å². The molecule has 1 aliphatic heterocycles. The van der Waals surface area contributed by atoms with Crippen molar-refractivity contribution in [2.24, 2.45) is 5.92 Å². The van der Waals surface area contributed by atoms with Gasteiger partial charge < -0.3 is 25.6 Å². The molecule has 2 amide bonds. The third-order valence-electron chi connectivity index (χ3n) is 8.77. The number of aromatic nitrogens is 3. The average Bonchev–Trinajstić information content (AvgIpc) is 3.64. The molecule has 0 saturated heterocycles. The lowest BCUT2D eigenvalue weighted by Crippen LogP contribution is -2.43. The van der Waals surface area contributed by atoms with Gasteiger partial charge in [0.2, 0.25) is 0 Å². The van der Waals surface area contributed by atoms with E-state index in [-0.39, 0.29) is 46.9 Å². The number of anilines is 1. The Labute approximate surface area is 241 Å². The monoisotopic (exact) mass is 585 g/mol. The maximum atomic E-state index is 13.4. The van der Waals surface area contributed by atoms with Crippen molar-refractivity contribution in [1.82, 2.24) is 29.7 Å². The van der Waals surface area contributed by atoms with Crippen molar-refractivity contribution in [2.75, 3.05) is 19.8 Å². The second kappa shape index (κ2) is 10.4. The topological polar surface area (TPSA) is 118 Å². The number of hydrogen-bond donors (Lipinski definition) is 2. The highest BCUT2D eigenvalue weighted by Gasteiger charge is 2.42. The number of rotatable bonds is 7. The normalized spacial score (nSPS) is 21.6. The van der Waals surface area contributed by atoms with Crippen LogP contribution in [0.2, 0.25) is 0 Å². The minimum absolute atomic E-state index is 0.00229. The molecular formula is C29H34F3N7O3. The SMILES string of the molecule is CC(C1CC1)N1Cc2cc(-c3ccn4nc(N)c(C(=O)NC5CCCC(N(C)C)C5)c4n3)cc(OC(F)(F)F)c2C1=O. The summed E-state index contributed by atoms with van der Waals surface area (Å²) in [7, 11) is 4.05. The molecule has 42 heavy (non-hydrogen) atoms. The summed E-state index contributed by atoms with van der Waals surface area (Å²) in [6.45, 7) is 2.10. The fourth-order valence-corrected chi connectivity index (χ4v) is 6.30. The van der Waals surface area contributed by atoms with Crippen LogP contribution in [-0.4, -0.2) is 74.8 Å². The molecule has 3 heterocycles. The Morgan fingerprint density at radius 3 is 2.67 bits per heavy atom. The first-order valence-electron chi connectivity index (χ1n) is 14.3. The Balaban J connectivity index is 1.35. The number of fused-ring (bicyclic) bond motifs is 2. The molecule has 10 nitrogen and oxygen atoms in total. The van der Waals surface area contributed by atoms with E-state index < -0.39 is 23.9 Å². The summed E-state index contributed by atoms with van der Waals surface area (Å²) >= 11 is 0. The van der Waals surface area contributed by atoms with Crippen LogP contribution < -0.4 is 15.8 Å². The molecule has 0 radical (unpaired) electrons. The van der Waals surface area contributed by atoms with Crippen LogP contribution in [0.4, 0.5) is 19.0 Å². The summed E-state index contributed by atoms with van der Waals surface area (Å²) in [5.74, 6) is -1.09. The van der Waals surface area contributed by atoms with Gasteiger partial charge in [-0.05, 0) is 89.2 Å². The van der Waals surface area contributed by atoms with Crippen molar-refractivity contribution < 1.29 is 27.5 Å². The Morgan fingerprint density at radius 2 is 1.98 bits per heavy atom. The summed E-state index contributed by atoms with van der Waals surface area (Å²) in [6, 6.07) is 4.65. The number of benzene rings is 1. The summed E-state index contributed by atoms with van der Waals surface area (Å²) < 4.78 is 46.1. The van der Waals surface area contributed by atoms with Crippen LogP contribution in [0.1, 0.15) is 71.7 Å².